The van der Waals surface area contributed by atoms with Crippen LogP contribution in [0.25, 0.3) is 0 Å². The molecule has 4 rings (SSSR count). The highest BCUT2D eigenvalue weighted by Gasteiger charge is 2.71. The number of rotatable bonds is 8. The average molecular weight is 547 g/mol. The smallest absolute Gasteiger partial charge is 0.430 e. The minimum absolute atomic E-state index is 0.0590. The Kier molecular flexibility index (Phi) is 6.89. The number of alkyl halides is 6. The molecule has 3 N–H and O–H groups in total. The largest absolute Gasteiger partial charge is 0.454 e. The maximum Gasteiger partial charge on any atom is 0.430 e. The summed E-state index contributed by atoms with van der Waals surface area (Å²) < 4.78 is 88.6. The van der Waals surface area contributed by atoms with Crippen molar-refractivity contribution in [1.29, 1.82) is 0 Å². The van der Waals surface area contributed by atoms with Gasteiger partial charge in [-0.3, -0.25) is 9.69 Å². The number of unbranched alkanes of at least 4 members (excludes halogenated alkanes) is 1. The molecule has 0 aromatic heterocycles. The summed E-state index contributed by atoms with van der Waals surface area (Å²) in [5.41, 5.74) is -6.89. The number of nitrogens with one attached hydrogen (secondary N) is 2. The maximum atomic E-state index is 13.1. The Balaban J connectivity index is 1.30. The Bertz CT molecular complexity index is 1200. The molecule has 0 aliphatic carbocycles. The van der Waals surface area contributed by atoms with Gasteiger partial charge in [0.05, 0.1) is 0 Å². The molecular weight excluding hydrogens is 524 g/mol. The molecule has 1 unspecified atom stereocenters. The van der Waals surface area contributed by atoms with Crippen LogP contribution >= 0.6 is 0 Å². The van der Waals surface area contributed by atoms with E-state index in [0.717, 1.165) is 17.0 Å². The Morgan fingerprint density at radius 2 is 1.61 bits per heavy atom. The number of aliphatic hydroxyl groups is 1. The first-order chi connectivity index (χ1) is 17.7. The van der Waals surface area contributed by atoms with Gasteiger partial charge in [0.15, 0.2) is 11.5 Å². The molecule has 14 heteroatoms. The van der Waals surface area contributed by atoms with Gasteiger partial charge in [0.2, 0.25) is 6.79 Å². The van der Waals surface area contributed by atoms with Gasteiger partial charge in [0, 0.05) is 24.3 Å². The van der Waals surface area contributed by atoms with Crippen LogP contribution in [-0.2, 0) is 15.9 Å². The summed E-state index contributed by atoms with van der Waals surface area (Å²) in [7, 11) is 0. The van der Waals surface area contributed by atoms with Crippen LogP contribution in [0.15, 0.2) is 42.5 Å². The van der Waals surface area contributed by atoms with Crippen molar-refractivity contribution >= 4 is 17.6 Å². The summed E-state index contributed by atoms with van der Waals surface area (Å²) in [6.07, 6.45) is -11.1. The van der Waals surface area contributed by atoms with Crippen LogP contribution < -0.4 is 20.1 Å². The number of anilines is 1. The van der Waals surface area contributed by atoms with Gasteiger partial charge < -0.3 is 25.2 Å². The van der Waals surface area contributed by atoms with E-state index < -0.39 is 41.0 Å². The molecule has 2 aromatic rings. The fourth-order valence-electron chi connectivity index (χ4n) is 4.25. The van der Waals surface area contributed by atoms with Crippen LogP contribution in [0, 0.1) is 0 Å². The van der Waals surface area contributed by atoms with Gasteiger partial charge in [-0.2, -0.15) is 26.3 Å². The summed E-state index contributed by atoms with van der Waals surface area (Å²) in [5, 5.41) is 15.0. The van der Waals surface area contributed by atoms with E-state index >= 15 is 0 Å². The zero-order valence-electron chi connectivity index (χ0n) is 19.9. The van der Waals surface area contributed by atoms with Gasteiger partial charge in [-0.25, -0.2) is 4.79 Å². The summed E-state index contributed by atoms with van der Waals surface area (Å²) >= 11 is 0. The predicted molar refractivity (Wildman–Crippen MR) is 120 cm³/mol. The van der Waals surface area contributed by atoms with Crippen molar-refractivity contribution in [3.63, 3.8) is 0 Å². The van der Waals surface area contributed by atoms with Crippen LogP contribution in [-0.4, -0.2) is 54.2 Å². The van der Waals surface area contributed by atoms with Gasteiger partial charge in [-0.05, 0) is 49.6 Å². The SMILES string of the molecule is CC1(c2ccc3c(c2)OCO3)NC(=O)N(CCCCNc2ccc(C(O)(C(F)(F)F)C(F)(F)F)cc2)C1=O. The van der Waals surface area contributed by atoms with Gasteiger partial charge in [0.1, 0.15) is 5.54 Å². The van der Waals surface area contributed by atoms with Gasteiger partial charge >= 0.3 is 18.4 Å². The van der Waals surface area contributed by atoms with Gasteiger partial charge in [0.25, 0.3) is 11.5 Å². The molecule has 2 aliphatic rings. The molecule has 2 heterocycles. The third-order valence-electron chi connectivity index (χ3n) is 6.49. The first-order valence-corrected chi connectivity index (χ1v) is 11.4. The first kappa shape index (κ1) is 27.4. The van der Waals surface area contributed by atoms with Crippen LogP contribution in [0.1, 0.15) is 30.9 Å². The topological polar surface area (TPSA) is 100 Å². The second-order valence-electron chi connectivity index (χ2n) is 9.00. The number of carbonyl (C=O) groups excluding carboxylic acids is 2. The highest BCUT2D eigenvalue weighted by Crippen LogP contribution is 2.50. The second kappa shape index (κ2) is 9.57. The third kappa shape index (κ3) is 4.68. The highest BCUT2D eigenvalue weighted by atomic mass is 19.4. The number of nitrogens with zero attached hydrogens (tertiary/aromatic N) is 1. The number of amides is 3. The van der Waals surface area contributed by atoms with E-state index in [0.29, 0.717) is 42.0 Å². The summed E-state index contributed by atoms with van der Waals surface area (Å²) in [6.45, 7) is 1.99. The molecule has 1 atom stereocenters. The van der Waals surface area contributed by atoms with Crippen molar-refractivity contribution in [3.8, 4) is 11.5 Å². The van der Waals surface area contributed by atoms with E-state index in [4.69, 9.17) is 9.47 Å². The lowest BCUT2D eigenvalue weighted by atomic mass is 9.91. The highest BCUT2D eigenvalue weighted by molar-refractivity contribution is 6.07. The van der Waals surface area contributed by atoms with Gasteiger partial charge in [-0.15, -0.1) is 0 Å². The number of imide groups is 1. The molecule has 1 fully saturated rings. The fraction of sp³-hybridized carbons (Fsp3) is 0.417. The molecule has 0 spiro atoms. The second-order valence-corrected chi connectivity index (χ2v) is 9.00. The molecule has 8 nitrogen and oxygen atoms in total. The number of carbonyl (C=O) groups is 2. The zero-order chi connectivity index (χ0) is 27.9. The number of hydrogen-bond acceptors (Lipinski definition) is 6. The molecule has 0 saturated carbocycles. The minimum Gasteiger partial charge on any atom is -0.454 e. The summed E-state index contributed by atoms with van der Waals surface area (Å²) in [5.74, 6) is 0.543. The molecule has 1 saturated heterocycles. The number of benzene rings is 2. The molecular formula is C24H23F6N3O5. The van der Waals surface area contributed by atoms with Gasteiger partial charge in [-0.1, -0.05) is 18.2 Å². The minimum atomic E-state index is -5.96. The van der Waals surface area contributed by atoms with Crippen molar-refractivity contribution < 1.29 is 50.5 Å². The Morgan fingerprint density at radius 3 is 2.24 bits per heavy atom. The fourth-order valence-corrected chi connectivity index (χ4v) is 4.25. The lowest BCUT2D eigenvalue weighted by molar-refractivity contribution is -0.376. The molecule has 38 heavy (non-hydrogen) atoms. The van der Waals surface area contributed by atoms with E-state index in [1.807, 2.05) is 0 Å². The van der Waals surface area contributed by atoms with E-state index in [1.165, 1.54) is 0 Å². The van der Waals surface area contributed by atoms with Crippen LogP contribution in [0.2, 0.25) is 0 Å². The molecule has 2 aromatic carbocycles. The summed E-state index contributed by atoms with van der Waals surface area (Å²) in [4.78, 5) is 26.6. The van der Waals surface area contributed by atoms with Crippen LogP contribution in [0.5, 0.6) is 11.5 Å². The Hall–Kier alpha value is -3.68. The lowest BCUT2D eigenvalue weighted by Crippen LogP contribution is -2.53. The third-order valence-corrected chi connectivity index (χ3v) is 6.49. The standard InChI is InChI=1S/C24H23F6N3O5/c1-21(15-6-9-17-18(12-15)38-13-37-17)19(34)33(20(35)32-21)11-3-2-10-31-16-7-4-14(5-8-16)22(36,23(25,26)27)24(28,29)30/h4-9,12,31,36H,2-3,10-11,13H2,1H3,(H,32,35). The van der Waals surface area contributed by atoms with Crippen LogP contribution in [0.4, 0.5) is 36.8 Å². The number of ether oxygens (including phenoxy) is 2. The van der Waals surface area contributed by atoms with Crippen molar-refractivity contribution in [2.24, 2.45) is 0 Å². The maximum absolute atomic E-state index is 13.1. The lowest BCUT2D eigenvalue weighted by Gasteiger charge is -2.32. The zero-order valence-corrected chi connectivity index (χ0v) is 19.9. The number of halogens is 6. The number of fused-ring (bicyclic) bond motifs is 1. The quantitative estimate of drug-likeness (QED) is 0.258. The van der Waals surface area contributed by atoms with E-state index in [2.05, 4.69) is 10.6 Å². The van der Waals surface area contributed by atoms with Crippen molar-refractivity contribution in [3.05, 3.63) is 53.6 Å². The van der Waals surface area contributed by atoms with Crippen molar-refractivity contribution in [2.75, 3.05) is 25.2 Å². The van der Waals surface area contributed by atoms with Crippen LogP contribution in [0.3, 0.4) is 0 Å². The monoisotopic (exact) mass is 547 g/mol. The summed E-state index contributed by atoms with van der Waals surface area (Å²) in [6, 6.07) is 7.45. The number of urea groups is 1. The van der Waals surface area contributed by atoms with E-state index in [-0.39, 0.29) is 25.6 Å². The molecule has 0 radical (unpaired) electrons. The Morgan fingerprint density at radius 1 is 0.974 bits per heavy atom. The normalized spacial score (nSPS) is 19.6. The van der Waals surface area contributed by atoms with Crippen molar-refractivity contribution in [2.45, 2.75) is 43.3 Å². The van der Waals surface area contributed by atoms with Crippen molar-refractivity contribution in [1.82, 2.24) is 10.2 Å². The predicted octanol–water partition coefficient (Wildman–Crippen LogP) is 4.39. The average Bonchev–Trinajstić information content (AvgIpc) is 3.40. The van der Waals surface area contributed by atoms with E-state index in [1.54, 1.807) is 25.1 Å². The molecule has 206 valence electrons. The van der Waals surface area contributed by atoms with E-state index in [9.17, 15) is 41.0 Å². The molecule has 0 bridgehead atoms. The molecule has 2 aliphatic heterocycles. The first-order valence-electron chi connectivity index (χ1n) is 11.4. The Labute approximate surface area is 212 Å². The number of hydrogen-bond donors (Lipinski definition) is 3. The molecule has 3 amide bonds.